The van der Waals surface area contributed by atoms with Crippen molar-refractivity contribution in [1.82, 2.24) is 9.78 Å². The minimum Gasteiger partial charge on any atom is -0.233 e. The van der Waals surface area contributed by atoms with Gasteiger partial charge in [-0.05, 0) is 43.5 Å². The summed E-state index contributed by atoms with van der Waals surface area (Å²) in [5.74, 6) is 0. The van der Waals surface area contributed by atoms with Crippen molar-refractivity contribution in [2.75, 3.05) is 6.26 Å². The molecule has 2 aromatic carbocycles. The van der Waals surface area contributed by atoms with Gasteiger partial charge in [-0.15, -0.1) is 11.8 Å². The van der Waals surface area contributed by atoms with Gasteiger partial charge in [0.05, 0.1) is 11.4 Å². The van der Waals surface area contributed by atoms with Crippen LogP contribution in [0.1, 0.15) is 11.3 Å². The molecule has 0 atom stereocenters. The smallest absolute Gasteiger partial charge is 0.233 e. The number of alkyl halides is 3. The Kier molecular flexibility index (Phi) is 4.41. The van der Waals surface area contributed by atoms with Gasteiger partial charge in [-0.2, -0.15) is 18.3 Å². The molecule has 3 aromatic rings. The van der Waals surface area contributed by atoms with Crippen LogP contribution in [0.15, 0.2) is 59.5 Å². The molecule has 0 spiro atoms. The predicted octanol–water partition coefficient (Wildman–Crippen LogP) is 5.59. The number of thioether (sulfide) groups is 1. The normalized spacial score (nSPS) is 11.7. The first kappa shape index (κ1) is 16.6. The molecule has 0 aliphatic heterocycles. The van der Waals surface area contributed by atoms with Gasteiger partial charge in [0.15, 0.2) is 5.69 Å². The minimum absolute atomic E-state index is 0.416. The molecule has 24 heavy (non-hydrogen) atoms. The Balaban J connectivity index is 2.15. The first-order valence-corrected chi connectivity index (χ1v) is 8.49. The Bertz CT molecular complexity index is 834. The highest BCUT2D eigenvalue weighted by molar-refractivity contribution is 7.98. The number of aryl methyl sites for hydroxylation is 1. The molecule has 0 N–H and O–H groups in total. The molecule has 0 fully saturated rings. The van der Waals surface area contributed by atoms with E-state index < -0.39 is 11.9 Å². The van der Waals surface area contributed by atoms with Crippen LogP contribution in [0.3, 0.4) is 0 Å². The summed E-state index contributed by atoms with van der Waals surface area (Å²) >= 11 is 1.57. The van der Waals surface area contributed by atoms with Crippen molar-refractivity contribution >= 4 is 11.8 Å². The third-order valence-corrected chi connectivity index (χ3v) is 4.41. The van der Waals surface area contributed by atoms with E-state index in [0.29, 0.717) is 16.9 Å². The molecule has 0 aliphatic carbocycles. The van der Waals surface area contributed by atoms with E-state index in [1.807, 2.05) is 37.4 Å². The Morgan fingerprint density at radius 3 is 2.12 bits per heavy atom. The zero-order valence-corrected chi connectivity index (χ0v) is 13.9. The number of hydrogen-bond donors (Lipinski definition) is 0. The zero-order chi connectivity index (χ0) is 17.3. The lowest BCUT2D eigenvalue weighted by molar-refractivity contribution is -0.141. The van der Waals surface area contributed by atoms with Gasteiger partial charge in [0.25, 0.3) is 0 Å². The molecule has 3 rings (SSSR count). The summed E-state index contributed by atoms with van der Waals surface area (Å²) in [5.41, 5.74) is 1.85. The summed E-state index contributed by atoms with van der Waals surface area (Å²) in [4.78, 5) is 1.04. The van der Waals surface area contributed by atoms with E-state index in [1.165, 1.54) is 4.68 Å². The lowest BCUT2D eigenvalue weighted by atomic mass is 10.1. The van der Waals surface area contributed by atoms with E-state index in [-0.39, 0.29) is 0 Å². The first-order chi connectivity index (χ1) is 11.4. The van der Waals surface area contributed by atoms with Gasteiger partial charge in [0.2, 0.25) is 0 Å². The van der Waals surface area contributed by atoms with E-state index >= 15 is 0 Å². The molecule has 0 aliphatic rings. The summed E-state index contributed by atoms with van der Waals surface area (Å²) in [6.45, 7) is 1.93. The molecule has 0 amide bonds. The molecular formula is C18H15F3N2S. The van der Waals surface area contributed by atoms with Crippen LogP contribution < -0.4 is 0 Å². The van der Waals surface area contributed by atoms with Crippen molar-refractivity contribution in [1.29, 1.82) is 0 Å². The minimum atomic E-state index is -4.48. The van der Waals surface area contributed by atoms with Crippen LogP contribution in [0.2, 0.25) is 0 Å². The molecule has 0 radical (unpaired) electrons. The second kappa shape index (κ2) is 6.36. The van der Waals surface area contributed by atoms with Gasteiger partial charge in [0.1, 0.15) is 0 Å². The summed E-state index contributed by atoms with van der Waals surface area (Å²) in [7, 11) is 0. The summed E-state index contributed by atoms with van der Waals surface area (Å²) in [5, 5.41) is 3.79. The number of benzene rings is 2. The second-order valence-electron chi connectivity index (χ2n) is 5.39. The second-order valence-corrected chi connectivity index (χ2v) is 6.27. The van der Waals surface area contributed by atoms with Gasteiger partial charge < -0.3 is 0 Å². The highest BCUT2D eigenvalue weighted by Gasteiger charge is 2.35. The van der Waals surface area contributed by atoms with Gasteiger partial charge >= 0.3 is 6.18 Å². The molecule has 6 heteroatoms. The highest BCUT2D eigenvalue weighted by Crippen LogP contribution is 2.33. The maximum absolute atomic E-state index is 13.1. The summed E-state index contributed by atoms with van der Waals surface area (Å²) in [6, 6.07) is 15.7. The Morgan fingerprint density at radius 2 is 1.58 bits per heavy atom. The monoisotopic (exact) mass is 348 g/mol. The van der Waals surface area contributed by atoms with E-state index in [0.717, 1.165) is 16.5 Å². The molecule has 0 saturated heterocycles. The molecule has 0 unspecified atom stereocenters. The van der Waals surface area contributed by atoms with Crippen molar-refractivity contribution < 1.29 is 13.2 Å². The fourth-order valence-corrected chi connectivity index (χ4v) is 2.78. The molecule has 1 aromatic heterocycles. The summed E-state index contributed by atoms with van der Waals surface area (Å²) in [6.07, 6.45) is -2.54. The third kappa shape index (κ3) is 3.33. The van der Waals surface area contributed by atoms with Crippen LogP contribution in [0.5, 0.6) is 0 Å². The van der Waals surface area contributed by atoms with Gasteiger partial charge in [-0.3, -0.25) is 0 Å². The van der Waals surface area contributed by atoms with Gasteiger partial charge in [-0.25, -0.2) is 4.68 Å². The number of nitrogens with zero attached hydrogens (tertiary/aromatic N) is 2. The Labute approximate surface area is 142 Å². The van der Waals surface area contributed by atoms with Crippen LogP contribution in [0.25, 0.3) is 16.9 Å². The standard InChI is InChI=1S/C18H15F3N2S/c1-12-3-5-13(6-4-12)16-11-17(18(19,20)21)22-23(16)14-7-9-15(24-2)10-8-14/h3-11H,1-2H3. The molecule has 2 nitrogen and oxygen atoms in total. The summed E-state index contributed by atoms with van der Waals surface area (Å²) < 4.78 is 40.7. The largest absolute Gasteiger partial charge is 0.435 e. The van der Waals surface area contributed by atoms with E-state index in [4.69, 9.17) is 0 Å². The van der Waals surface area contributed by atoms with Crippen molar-refractivity contribution in [3.05, 3.63) is 65.9 Å². The van der Waals surface area contributed by atoms with E-state index in [9.17, 15) is 13.2 Å². The fourth-order valence-electron chi connectivity index (χ4n) is 2.37. The average molecular weight is 348 g/mol. The average Bonchev–Trinajstić information content (AvgIpc) is 3.01. The lowest BCUT2D eigenvalue weighted by Crippen LogP contribution is -2.07. The molecule has 0 saturated carbocycles. The maximum Gasteiger partial charge on any atom is 0.435 e. The van der Waals surface area contributed by atoms with Crippen molar-refractivity contribution in [2.24, 2.45) is 0 Å². The maximum atomic E-state index is 13.1. The Hall–Kier alpha value is -2.21. The molecule has 0 bridgehead atoms. The molecule has 124 valence electrons. The van der Waals surface area contributed by atoms with Crippen molar-refractivity contribution in [3.8, 4) is 16.9 Å². The first-order valence-electron chi connectivity index (χ1n) is 7.27. The van der Waals surface area contributed by atoms with Crippen molar-refractivity contribution in [3.63, 3.8) is 0 Å². The van der Waals surface area contributed by atoms with Crippen LogP contribution in [0.4, 0.5) is 13.2 Å². The predicted molar refractivity (Wildman–Crippen MR) is 90.5 cm³/mol. The van der Waals surface area contributed by atoms with E-state index in [1.54, 1.807) is 36.0 Å². The SMILES string of the molecule is CSc1ccc(-n2nc(C(F)(F)F)cc2-c2ccc(C)cc2)cc1. The van der Waals surface area contributed by atoms with Crippen LogP contribution in [-0.4, -0.2) is 16.0 Å². The third-order valence-electron chi connectivity index (χ3n) is 3.66. The zero-order valence-electron chi connectivity index (χ0n) is 13.1. The van der Waals surface area contributed by atoms with Gasteiger partial charge in [0, 0.05) is 10.5 Å². The van der Waals surface area contributed by atoms with Crippen LogP contribution >= 0.6 is 11.8 Å². The highest BCUT2D eigenvalue weighted by atomic mass is 32.2. The number of halogens is 3. The number of rotatable bonds is 3. The van der Waals surface area contributed by atoms with Crippen molar-refractivity contribution in [2.45, 2.75) is 18.0 Å². The fraction of sp³-hybridized carbons (Fsp3) is 0.167. The van der Waals surface area contributed by atoms with Crippen LogP contribution in [-0.2, 0) is 6.18 Å². The Morgan fingerprint density at radius 1 is 0.958 bits per heavy atom. The molecular weight excluding hydrogens is 333 g/mol. The van der Waals surface area contributed by atoms with E-state index in [2.05, 4.69) is 5.10 Å². The lowest BCUT2D eigenvalue weighted by Gasteiger charge is -2.08. The number of hydrogen-bond acceptors (Lipinski definition) is 2. The topological polar surface area (TPSA) is 17.8 Å². The quantitative estimate of drug-likeness (QED) is 0.574. The molecule has 1 heterocycles. The van der Waals surface area contributed by atoms with Gasteiger partial charge in [-0.1, -0.05) is 29.8 Å². The van der Waals surface area contributed by atoms with Crippen LogP contribution in [0, 0.1) is 6.92 Å². The number of aromatic nitrogens is 2.